The highest BCUT2D eigenvalue weighted by atomic mass is 16.4. The molecule has 0 atom stereocenters. The smallest absolute Gasteiger partial charge is 0.278 e. The maximum atomic E-state index is 12.9. The summed E-state index contributed by atoms with van der Waals surface area (Å²) in [5.74, 6) is 0. The van der Waals surface area contributed by atoms with Crippen molar-refractivity contribution in [2.45, 2.75) is 20.0 Å². The first-order chi connectivity index (χ1) is 13.2. The van der Waals surface area contributed by atoms with Crippen LogP contribution in [0, 0.1) is 0 Å². The molecule has 0 radical (unpaired) electrons. The van der Waals surface area contributed by atoms with Crippen LogP contribution >= 0.6 is 0 Å². The summed E-state index contributed by atoms with van der Waals surface area (Å²) in [6.07, 6.45) is 2.85. The third-order valence-corrected chi connectivity index (χ3v) is 4.36. The molecule has 0 fully saturated rings. The predicted molar refractivity (Wildman–Crippen MR) is 107 cm³/mol. The van der Waals surface area contributed by atoms with Crippen LogP contribution in [-0.4, -0.2) is 27.7 Å². The molecular weight excluding hydrogens is 340 g/mol. The van der Waals surface area contributed by atoms with E-state index in [-0.39, 0.29) is 5.56 Å². The van der Waals surface area contributed by atoms with Gasteiger partial charge >= 0.3 is 0 Å². The zero-order valence-corrected chi connectivity index (χ0v) is 15.2. The fourth-order valence-electron chi connectivity index (χ4n) is 2.97. The molecule has 1 heterocycles. The molecule has 138 valence electrons. The van der Waals surface area contributed by atoms with Crippen molar-refractivity contribution in [3.63, 3.8) is 0 Å². The van der Waals surface area contributed by atoms with Gasteiger partial charge in [-0.25, -0.2) is 4.68 Å². The highest BCUT2D eigenvalue weighted by molar-refractivity contribution is 5.86. The van der Waals surface area contributed by atoms with Crippen molar-refractivity contribution < 1.29 is 5.21 Å². The van der Waals surface area contributed by atoms with E-state index in [9.17, 15) is 4.79 Å². The molecule has 0 aliphatic heterocycles. The lowest BCUT2D eigenvalue weighted by molar-refractivity contribution is 0.321. The molecule has 0 bridgehead atoms. The van der Waals surface area contributed by atoms with Gasteiger partial charge in [-0.05, 0) is 18.1 Å². The molecule has 1 N–H and O–H groups in total. The summed E-state index contributed by atoms with van der Waals surface area (Å²) in [6, 6.07) is 19.6. The standard InChI is InChI=1S/C21H22N4O2/c1-2-24(15-17-9-5-3-6-10-17)20-14-22-25(21(26)19(20)13-23-27)16-18-11-7-4-8-12-18/h3-14,27H,2,15-16H2,1H3/b23-13+. The number of hydrogen-bond donors (Lipinski definition) is 1. The van der Waals surface area contributed by atoms with Crippen LogP contribution in [0.25, 0.3) is 0 Å². The maximum absolute atomic E-state index is 12.9. The molecule has 0 aliphatic carbocycles. The van der Waals surface area contributed by atoms with Crippen molar-refractivity contribution in [3.8, 4) is 0 Å². The van der Waals surface area contributed by atoms with E-state index in [1.165, 1.54) is 10.9 Å². The molecule has 6 heteroatoms. The molecular formula is C21H22N4O2. The first-order valence-electron chi connectivity index (χ1n) is 8.83. The highest BCUT2D eigenvalue weighted by Gasteiger charge is 2.16. The van der Waals surface area contributed by atoms with E-state index >= 15 is 0 Å². The molecule has 27 heavy (non-hydrogen) atoms. The van der Waals surface area contributed by atoms with E-state index < -0.39 is 0 Å². The van der Waals surface area contributed by atoms with E-state index in [1.54, 1.807) is 6.20 Å². The molecule has 6 nitrogen and oxygen atoms in total. The fourth-order valence-corrected chi connectivity index (χ4v) is 2.97. The van der Waals surface area contributed by atoms with Gasteiger partial charge in [-0.3, -0.25) is 4.79 Å². The lowest BCUT2D eigenvalue weighted by atomic mass is 10.1. The molecule has 0 spiro atoms. The molecule has 2 aromatic carbocycles. The van der Waals surface area contributed by atoms with Gasteiger partial charge in [0.1, 0.15) is 0 Å². The molecule has 0 saturated heterocycles. The average molecular weight is 362 g/mol. The third kappa shape index (κ3) is 4.41. The van der Waals surface area contributed by atoms with Gasteiger partial charge in [-0.15, -0.1) is 0 Å². The van der Waals surface area contributed by atoms with Crippen molar-refractivity contribution in [2.24, 2.45) is 5.16 Å². The summed E-state index contributed by atoms with van der Waals surface area (Å²) in [5, 5.41) is 16.5. The van der Waals surface area contributed by atoms with Gasteiger partial charge in [-0.2, -0.15) is 5.10 Å². The summed E-state index contributed by atoms with van der Waals surface area (Å²) in [6.45, 7) is 3.69. The van der Waals surface area contributed by atoms with Crippen LogP contribution in [0.3, 0.4) is 0 Å². The Labute approximate surface area is 158 Å². The van der Waals surface area contributed by atoms with Crippen LogP contribution in [0.2, 0.25) is 0 Å². The number of rotatable bonds is 7. The molecule has 1 aromatic heterocycles. The van der Waals surface area contributed by atoms with Crippen molar-refractivity contribution >= 4 is 11.9 Å². The second-order valence-electron chi connectivity index (χ2n) is 6.14. The number of benzene rings is 2. The van der Waals surface area contributed by atoms with Gasteiger partial charge in [-0.1, -0.05) is 65.8 Å². The Morgan fingerprint density at radius 3 is 2.30 bits per heavy atom. The Morgan fingerprint density at radius 2 is 1.70 bits per heavy atom. The van der Waals surface area contributed by atoms with Gasteiger partial charge in [0.05, 0.1) is 30.2 Å². The molecule has 0 saturated carbocycles. The Morgan fingerprint density at radius 1 is 1.07 bits per heavy atom. The quantitative estimate of drug-likeness (QED) is 0.398. The number of nitrogens with zero attached hydrogens (tertiary/aromatic N) is 4. The number of anilines is 1. The Hall–Kier alpha value is -3.41. The third-order valence-electron chi connectivity index (χ3n) is 4.36. The van der Waals surface area contributed by atoms with E-state index in [0.29, 0.717) is 30.9 Å². The Kier molecular flexibility index (Phi) is 5.99. The SMILES string of the molecule is CCN(Cc1ccccc1)c1cnn(Cc2ccccc2)c(=O)c1/C=N/O. The number of hydrogen-bond acceptors (Lipinski definition) is 5. The van der Waals surface area contributed by atoms with Gasteiger partial charge in [0.25, 0.3) is 5.56 Å². The highest BCUT2D eigenvalue weighted by Crippen LogP contribution is 2.18. The zero-order valence-electron chi connectivity index (χ0n) is 15.2. The molecule has 3 aromatic rings. The minimum atomic E-state index is -0.291. The maximum Gasteiger partial charge on any atom is 0.278 e. The summed E-state index contributed by atoms with van der Waals surface area (Å²) in [4.78, 5) is 15.0. The topological polar surface area (TPSA) is 70.7 Å². The van der Waals surface area contributed by atoms with Crippen molar-refractivity contribution in [1.82, 2.24) is 9.78 Å². The van der Waals surface area contributed by atoms with E-state index in [2.05, 4.69) is 10.3 Å². The largest absolute Gasteiger partial charge is 0.411 e. The monoisotopic (exact) mass is 362 g/mol. The van der Waals surface area contributed by atoms with Crippen molar-refractivity contribution in [3.05, 3.63) is 93.9 Å². The van der Waals surface area contributed by atoms with Gasteiger partial charge in [0.2, 0.25) is 0 Å². The lowest BCUT2D eigenvalue weighted by Gasteiger charge is -2.24. The lowest BCUT2D eigenvalue weighted by Crippen LogP contribution is -2.32. The summed E-state index contributed by atoms with van der Waals surface area (Å²) >= 11 is 0. The minimum Gasteiger partial charge on any atom is -0.411 e. The van der Waals surface area contributed by atoms with Crippen LogP contribution in [0.1, 0.15) is 23.6 Å². The van der Waals surface area contributed by atoms with Gasteiger partial charge in [0, 0.05) is 13.1 Å². The second kappa shape index (κ2) is 8.80. The van der Waals surface area contributed by atoms with Crippen molar-refractivity contribution in [2.75, 3.05) is 11.4 Å². The van der Waals surface area contributed by atoms with E-state index in [1.807, 2.05) is 72.5 Å². The molecule has 3 rings (SSSR count). The van der Waals surface area contributed by atoms with Gasteiger partial charge in [0.15, 0.2) is 0 Å². The van der Waals surface area contributed by atoms with Crippen LogP contribution < -0.4 is 10.5 Å². The zero-order chi connectivity index (χ0) is 19.1. The van der Waals surface area contributed by atoms with E-state index in [0.717, 1.165) is 11.1 Å². The van der Waals surface area contributed by atoms with E-state index in [4.69, 9.17) is 5.21 Å². The summed E-state index contributed by atoms with van der Waals surface area (Å²) in [5.41, 5.74) is 2.78. The van der Waals surface area contributed by atoms with Gasteiger partial charge < -0.3 is 10.1 Å². The molecule has 0 amide bonds. The first kappa shape index (κ1) is 18.4. The molecule has 0 aliphatic rings. The summed E-state index contributed by atoms with van der Waals surface area (Å²) in [7, 11) is 0. The van der Waals surface area contributed by atoms with Crippen LogP contribution in [0.4, 0.5) is 5.69 Å². The normalized spacial score (nSPS) is 11.0. The summed E-state index contributed by atoms with van der Waals surface area (Å²) < 4.78 is 1.38. The predicted octanol–water partition coefficient (Wildman–Crippen LogP) is 3.13. The van der Waals surface area contributed by atoms with Crippen molar-refractivity contribution in [1.29, 1.82) is 0 Å². The second-order valence-corrected chi connectivity index (χ2v) is 6.14. The Bertz CT molecular complexity index is 953. The first-order valence-corrected chi connectivity index (χ1v) is 8.83. The number of aromatic nitrogens is 2. The minimum absolute atomic E-state index is 0.291. The van der Waals surface area contributed by atoms with Crippen LogP contribution in [-0.2, 0) is 13.1 Å². The number of oxime groups is 1. The average Bonchev–Trinajstić information content (AvgIpc) is 2.71. The Balaban J connectivity index is 1.97. The fraction of sp³-hybridized carbons (Fsp3) is 0.190. The van der Waals surface area contributed by atoms with Crippen LogP contribution in [0.5, 0.6) is 0 Å². The molecule has 0 unspecified atom stereocenters. The van der Waals surface area contributed by atoms with Crippen LogP contribution in [0.15, 0.2) is 76.8 Å².